The molecule has 1 aromatic rings. The number of carbonyl (C=O) groups is 1. The third-order valence-corrected chi connectivity index (χ3v) is 5.56. The van der Waals surface area contributed by atoms with E-state index in [1.165, 1.54) is 0 Å². The van der Waals surface area contributed by atoms with Crippen molar-refractivity contribution in [2.24, 2.45) is 0 Å². The maximum Gasteiger partial charge on any atom is 0.284 e. The van der Waals surface area contributed by atoms with Crippen LogP contribution in [-0.2, 0) is 9.84 Å². The lowest BCUT2D eigenvalue weighted by molar-refractivity contribution is 0.251. The number of amides is 1. The normalized spacial score (nSPS) is 25.8. The van der Waals surface area contributed by atoms with Crippen LogP contribution in [-0.4, -0.2) is 30.7 Å². The van der Waals surface area contributed by atoms with Crippen molar-refractivity contribution in [3.8, 4) is 0 Å². The third-order valence-electron chi connectivity index (χ3n) is 2.86. The quantitative estimate of drug-likeness (QED) is 0.845. The van der Waals surface area contributed by atoms with Crippen molar-refractivity contribution in [2.75, 3.05) is 11.5 Å². The van der Waals surface area contributed by atoms with Gasteiger partial charge in [-0.1, -0.05) is 18.2 Å². The zero-order valence-electron chi connectivity index (χ0n) is 10.0. The SMILES string of the molecule is CC1(NC(=O)Sc2ccccc2)CCS(=O)(=O)C1. The molecular formula is C12H15NO3S2. The second kappa shape index (κ2) is 4.93. The molecule has 1 atom stereocenters. The second-order valence-electron chi connectivity index (χ2n) is 4.73. The van der Waals surface area contributed by atoms with Gasteiger partial charge in [0, 0.05) is 4.90 Å². The maximum atomic E-state index is 11.8. The summed E-state index contributed by atoms with van der Waals surface area (Å²) < 4.78 is 22.9. The Morgan fingerprint density at radius 1 is 1.33 bits per heavy atom. The molecule has 0 radical (unpaired) electrons. The van der Waals surface area contributed by atoms with Gasteiger partial charge in [-0.25, -0.2) is 8.42 Å². The van der Waals surface area contributed by atoms with Gasteiger partial charge in [0.25, 0.3) is 5.24 Å². The molecule has 1 fully saturated rings. The Morgan fingerprint density at radius 3 is 2.56 bits per heavy atom. The van der Waals surface area contributed by atoms with Gasteiger partial charge in [0.2, 0.25) is 0 Å². The lowest BCUT2D eigenvalue weighted by Gasteiger charge is -2.23. The van der Waals surface area contributed by atoms with E-state index in [1.54, 1.807) is 6.92 Å². The van der Waals surface area contributed by atoms with Crippen molar-refractivity contribution in [3.05, 3.63) is 30.3 Å². The van der Waals surface area contributed by atoms with Crippen molar-refractivity contribution < 1.29 is 13.2 Å². The highest BCUT2D eigenvalue weighted by Crippen LogP contribution is 2.25. The summed E-state index contributed by atoms with van der Waals surface area (Å²) in [7, 11) is -3.00. The molecule has 1 aliphatic rings. The number of nitrogens with one attached hydrogen (secondary N) is 1. The maximum absolute atomic E-state index is 11.8. The van der Waals surface area contributed by atoms with Crippen molar-refractivity contribution in [2.45, 2.75) is 23.8 Å². The van der Waals surface area contributed by atoms with E-state index in [-0.39, 0.29) is 16.7 Å². The fourth-order valence-corrected chi connectivity index (χ4v) is 4.87. The van der Waals surface area contributed by atoms with Gasteiger partial charge in [-0.15, -0.1) is 0 Å². The van der Waals surface area contributed by atoms with E-state index in [1.807, 2.05) is 30.3 Å². The summed E-state index contributed by atoms with van der Waals surface area (Å²) in [6.07, 6.45) is 0.483. The summed E-state index contributed by atoms with van der Waals surface area (Å²) in [6, 6.07) is 9.29. The summed E-state index contributed by atoms with van der Waals surface area (Å²) in [6.45, 7) is 1.78. The number of sulfone groups is 1. The summed E-state index contributed by atoms with van der Waals surface area (Å²) >= 11 is 1.08. The summed E-state index contributed by atoms with van der Waals surface area (Å²) in [5.41, 5.74) is -0.627. The lowest BCUT2D eigenvalue weighted by atomic mass is 10.0. The minimum absolute atomic E-state index is 0.0289. The molecule has 1 heterocycles. The molecule has 1 amide bonds. The van der Waals surface area contributed by atoms with Crippen LogP contribution in [0.5, 0.6) is 0 Å². The monoisotopic (exact) mass is 285 g/mol. The Balaban J connectivity index is 1.96. The van der Waals surface area contributed by atoms with E-state index in [9.17, 15) is 13.2 Å². The zero-order chi connectivity index (χ0) is 13.2. The predicted octanol–water partition coefficient (Wildman–Crippen LogP) is 2.07. The fraction of sp³-hybridized carbons (Fsp3) is 0.417. The fourth-order valence-electron chi connectivity index (χ4n) is 1.98. The molecule has 1 saturated heterocycles. The Morgan fingerprint density at radius 2 is 2.00 bits per heavy atom. The van der Waals surface area contributed by atoms with Crippen LogP contribution in [0.1, 0.15) is 13.3 Å². The average molecular weight is 285 g/mol. The molecule has 0 spiro atoms. The standard InChI is InChI=1S/C12H15NO3S2/c1-12(7-8-18(15,16)9-12)13-11(14)17-10-5-3-2-4-6-10/h2-6H,7-9H2,1H3,(H,13,14). The number of hydrogen-bond acceptors (Lipinski definition) is 4. The van der Waals surface area contributed by atoms with Crippen LogP contribution in [0.15, 0.2) is 35.2 Å². The number of carbonyl (C=O) groups excluding carboxylic acids is 1. The van der Waals surface area contributed by atoms with Gasteiger partial charge < -0.3 is 5.32 Å². The molecule has 1 aliphatic heterocycles. The molecule has 18 heavy (non-hydrogen) atoms. The van der Waals surface area contributed by atoms with Crippen LogP contribution < -0.4 is 5.32 Å². The van der Waals surface area contributed by atoms with Crippen molar-refractivity contribution >= 4 is 26.8 Å². The molecule has 0 aliphatic carbocycles. The van der Waals surface area contributed by atoms with E-state index in [4.69, 9.17) is 0 Å². The number of rotatable bonds is 2. The van der Waals surface area contributed by atoms with Crippen LogP contribution >= 0.6 is 11.8 Å². The Labute approximate surface area is 111 Å². The van der Waals surface area contributed by atoms with E-state index in [0.29, 0.717) is 6.42 Å². The van der Waals surface area contributed by atoms with Gasteiger partial charge in [0.1, 0.15) is 0 Å². The van der Waals surface area contributed by atoms with Gasteiger partial charge in [-0.2, -0.15) is 0 Å². The number of benzene rings is 1. The van der Waals surface area contributed by atoms with Crippen LogP contribution in [0.25, 0.3) is 0 Å². The third kappa shape index (κ3) is 3.49. The Kier molecular flexibility index (Phi) is 3.68. The zero-order valence-corrected chi connectivity index (χ0v) is 11.7. The predicted molar refractivity (Wildman–Crippen MR) is 72.5 cm³/mol. The first-order chi connectivity index (χ1) is 8.39. The topological polar surface area (TPSA) is 63.2 Å². The van der Waals surface area contributed by atoms with Crippen LogP contribution in [0, 0.1) is 0 Å². The highest BCUT2D eigenvalue weighted by Gasteiger charge is 2.39. The Bertz CT molecular complexity index is 542. The molecule has 2 rings (SSSR count). The molecule has 1 unspecified atom stereocenters. The van der Waals surface area contributed by atoms with Crippen molar-refractivity contribution in [1.82, 2.24) is 5.32 Å². The van der Waals surface area contributed by atoms with Crippen LogP contribution in [0.3, 0.4) is 0 Å². The van der Waals surface area contributed by atoms with Gasteiger partial charge >= 0.3 is 0 Å². The first kappa shape index (κ1) is 13.4. The molecule has 6 heteroatoms. The van der Waals surface area contributed by atoms with Crippen LogP contribution in [0.2, 0.25) is 0 Å². The highest BCUT2D eigenvalue weighted by molar-refractivity contribution is 8.13. The summed E-state index contributed by atoms with van der Waals surface area (Å²) in [5, 5.41) is 2.60. The lowest BCUT2D eigenvalue weighted by Crippen LogP contribution is -2.45. The minimum Gasteiger partial charge on any atom is -0.340 e. The van der Waals surface area contributed by atoms with E-state index in [0.717, 1.165) is 16.7 Å². The van der Waals surface area contributed by atoms with Crippen LogP contribution in [0.4, 0.5) is 4.79 Å². The first-order valence-corrected chi connectivity index (χ1v) is 8.28. The molecule has 4 nitrogen and oxygen atoms in total. The number of thioether (sulfide) groups is 1. The summed E-state index contributed by atoms with van der Waals surface area (Å²) in [5.74, 6) is 0.181. The average Bonchev–Trinajstić information content (AvgIpc) is 2.53. The van der Waals surface area contributed by atoms with Gasteiger partial charge in [0.15, 0.2) is 9.84 Å². The molecule has 0 aromatic heterocycles. The minimum atomic E-state index is -3.00. The van der Waals surface area contributed by atoms with E-state index in [2.05, 4.69) is 5.32 Å². The molecular weight excluding hydrogens is 270 g/mol. The second-order valence-corrected chi connectivity index (χ2v) is 7.96. The largest absolute Gasteiger partial charge is 0.340 e. The molecule has 1 aromatic carbocycles. The molecule has 0 bridgehead atoms. The smallest absolute Gasteiger partial charge is 0.284 e. The number of hydrogen-bond donors (Lipinski definition) is 1. The van der Waals surface area contributed by atoms with Gasteiger partial charge in [-0.3, -0.25) is 4.79 Å². The van der Waals surface area contributed by atoms with E-state index < -0.39 is 15.4 Å². The van der Waals surface area contributed by atoms with Gasteiger partial charge in [0.05, 0.1) is 17.0 Å². The van der Waals surface area contributed by atoms with Crippen molar-refractivity contribution in [1.29, 1.82) is 0 Å². The first-order valence-electron chi connectivity index (χ1n) is 5.64. The van der Waals surface area contributed by atoms with Gasteiger partial charge in [-0.05, 0) is 37.2 Å². The van der Waals surface area contributed by atoms with E-state index >= 15 is 0 Å². The molecule has 0 saturated carbocycles. The summed E-state index contributed by atoms with van der Waals surface area (Å²) in [4.78, 5) is 12.7. The molecule has 1 N–H and O–H groups in total. The van der Waals surface area contributed by atoms with Crippen molar-refractivity contribution in [3.63, 3.8) is 0 Å². The highest BCUT2D eigenvalue weighted by atomic mass is 32.2. The Hall–Kier alpha value is -1.01. The molecule has 98 valence electrons.